The summed E-state index contributed by atoms with van der Waals surface area (Å²) in [7, 11) is 0. The largest absolute Gasteiger partial charge is 0.370 e. The van der Waals surface area contributed by atoms with Crippen molar-refractivity contribution in [2.75, 3.05) is 5.32 Å². The minimum Gasteiger partial charge on any atom is -0.370 e. The summed E-state index contributed by atoms with van der Waals surface area (Å²) in [6.45, 7) is 1.53. The number of nitrogens with zero attached hydrogens (tertiary/aromatic N) is 1. The Morgan fingerprint density at radius 2 is 1.44 bits per heavy atom. The minimum absolute atomic E-state index is 0.0435. The second-order valence-electron chi connectivity index (χ2n) is 9.42. The van der Waals surface area contributed by atoms with E-state index in [-0.39, 0.29) is 31.6 Å². The molecule has 0 bridgehead atoms. The third kappa shape index (κ3) is 10.8. The van der Waals surface area contributed by atoms with Gasteiger partial charge < -0.3 is 27.0 Å². The number of nitrogens with one attached hydrogen (secondary N) is 4. The highest BCUT2D eigenvalue weighted by Crippen LogP contribution is 2.12. The summed E-state index contributed by atoms with van der Waals surface area (Å²) < 4.78 is 0. The van der Waals surface area contributed by atoms with Crippen LogP contribution >= 0.6 is 11.3 Å². The van der Waals surface area contributed by atoms with Crippen molar-refractivity contribution in [2.24, 2.45) is 5.73 Å². The standard InChI is InChI=1S/C29H34N6O5S/c1-19(32-25(37)15-12-20-8-4-2-5-9-20)26(38)34-23(18-21-10-6-3-7-11-21)28(40)33-22(13-14-24(30)36)27(39)35-29-31-16-17-41-29/h2-11,16-17,19,22-23H,12-15,18H2,1H3,(H2,30,36)(H,32,37)(H,33,40)(H,34,38)(H,31,35,39)/t19-,22-,23-/m0/s1. The lowest BCUT2D eigenvalue weighted by molar-refractivity contribution is -0.133. The van der Waals surface area contributed by atoms with Gasteiger partial charge in [-0.2, -0.15) is 0 Å². The minimum atomic E-state index is -1.11. The van der Waals surface area contributed by atoms with Gasteiger partial charge in [0.2, 0.25) is 29.5 Å². The predicted molar refractivity (Wildman–Crippen MR) is 156 cm³/mol. The van der Waals surface area contributed by atoms with E-state index in [9.17, 15) is 24.0 Å². The number of nitrogens with two attached hydrogens (primary N) is 1. The van der Waals surface area contributed by atoms with Crippen molar-refractivity contribution in [3.05, 3.63) is 83.4 Å². The van der Waals surface area contributed by atoms with Gasteiger partial charge in [0.15, 0.2) is 5.13 Å². The number of primary amides is 1. The maximum absolute atomic E-state index is 13.4. The van der Waals surface area contributed by atoms with Crippen molar-refractivity contribution < 1.29 is 24.0 Å². The topological polar surface area (TPSA) is 172 Å². The van der Waals surface area contributed by atoms with E-state index in [1.807, 2.05) is 36.4 Å². The number of rotatable bonds is 15. The Labute approximate surface area is 242 Å². The number of thiazole rings is 1. The Hall–Kier alpha value is -4.58. The fourth-order valence-electron chi connectivity index (χ4n) is 3.94. The number of hydrogen-bond acceptors (Lipinski definition) is 7. The molecule has 0 unspecified atom stereocenters. The van der Waals surface area contributed by atoms with Crippen molar-refractivity contribution in [2.45, 2.75) is 57.2 Å². The fourth-order valence-corrected chi connectivity index (χ4v) is 4.47. The molecule has 1 heterocycles. The first-order valence-corrected chi connectivity index (χ1v) is 14.1. The van der Waals surface area contributed by atoms with Gasteiger partial charge in [0.05, 0.1) is 0 Å². The fraction of sp³-hybridized carbons (Fsp3) is 0.310. The molecule has 0 fully saturated rings. The molecular weight excluding hydrogens is 544 g/mol. The average Bonchev–Trinajstić information content (AvgIpc) is 3.47. The van der Waals surface area contributed by atoms with Crippen molar-refractivity contribution in [1.29, 1.82) is 0 Å². The zero-order valence-corrected chi connectivity index (χ0v) is 23.5. The lowest BCUT2D eigenvalue weighted by Crippen LogP contribution is -2.56. The molecule has 3 aromatic rings. The number of hydrogen-bond donors (Lipinski definition) is 5. The van der Waals surface area contributed by atoms with Crippen molar-refractivity contribution in [3.8, 4) is 0 Å². The number of benzene rings is 2. The van der Waals surface area contributed by atoms with E-state index in [1.54, 1.807) is 29.6 Å². The van der Waals surface area contributed by atoms with E-state index in [4.69, 9.17) is 5.73 Å². The summed E-state index contributed by atoms with van der Waals surface area (Å²) in [5.41, 5.74) is 7.05. The van der Waals surface area contributed by atoms with Crippen LogP contribution in [0.1, 0.15) is 37.3 Å². The van der Waals surface area contributed by atoms with Gasteiger partial charge in [-0.25, -0.2) is 4.98 Å². The molecule has 2 aromatic carbocycles. The van der Waals surface area contributed by atoms with E-state index in [0.717, 1.165) is 11.1 Å². The van der Waals surface area contributed by atoms with Gasteiger partial charge in [0, 0.05) is 30.8 Å². The maximum Gasteiger partial charge on any atom is 0.248 e. The highest BCUT2D eigenvalue weighted by Gasteiger charge is 2.29. The molecule has 216 valence electrons. The summed E-state index contributed by atoms with van der Waals surface area (Å²) in [6.07, 6.45) is 2.19. The highest BCUT2D eigenvalue weighted by molar-refractivity contribution is 7.13. The SMILES string of the molecule is C[C@H](NC(=O)CCc1ccccc1)C(=O)N[C@@H](Cc1ccccc1)C(=O)N[C@@H](CCC(N)=O)C(=O)Nc1nccs1. The normalized spacial score (nSPS) is 12.8. The van der Waals surface area contributed by atoms with Crippen LogP contribution in [0, 0.1) is 0 Å². The summed E-state index contributed by atoms with van der Waals surface area (Å²) in [5, 5.41) is 12.6. The van der Waals surface area contributed by atoms with Crippen LogP contribution in [0.2, 0.25) is 0 Å². The molecule has 0 saturated heterocycles. The molecule has 6 N–H and O–H groups in total. The Morgan fingerprint density at radius 1 is 0.805 bits per heavy atom. The molecule has 5 amide bonds. The second kappa shape index (κ2) is 15.9. The summed E-state index contributed by atoms with van der Waals surface area (Å²) >= 11 is 1.20. The van der Waals surface area contributed by atoms with Crippen molar-refractivity contribution in [1.82, 2.24) is 20.9 Å². The maximum atomic E-state index is 13.4. The molecule has 11 nitrogen and oxygen atoms in total. The van der Waals surface area contributed by atoms with Gasteiger partial charge >= 0.3 is 0 Å². The monoisotopic (exact) mass is 578 g/mol. The van der Waals surface area contributed by atoms with Gasteiger partial charge in [-0.15, -0.1) is 11.3 Å². The first-order valence-electron chi connectivity index (χ1n) is 13.2. The number of anilines is 1. The smallest absolute Gasteiger partial charge is 0.248 e. The number of amides is 5. The molecular formula is C29H34N6O5S. The summed E-state index contributed by atoms with van der Waals surface area (Å²) in [4.78, 5) is 67.3. The number of aryl methyl sites for hydroxylation is 1. The predicted octanol–water partition coefficient (Wildman–Crippen LogP) is 1.70. The van der Waals surface area contributed by atoms with Crippen LogP contribution in [0.4, 0.5) is 5.13 Å². The number of carbonyl (C=O) groups excluding carboxylic acids is 5. The van der Waals surface area contributed by atoms with Crippen LogP contribution in [0.25, 0.3) is 0 Å². The summed E-state index contributed by atoms with van der Waals surface area (Å²) in [5.74, 6) is -2.69. The van der Waals surface area contributed by atoms with Crippen LogP contribution in [-0.2, 0) is 36.8 Å². The van der Waals surface area contributed by atoms with E-state index in [0.29, 0.717) is 11.6 Å². The van der Waals surface area contributed by atoms with Gasteiger partial charge in [-0.1, -0.05) is 60.7 Å². The molecule has 0 aliphatic heterocycles. The molecule has 1 aromatic heterocycles. The highest BCUT2D eigenvalue weighted by atomic mass is 32.1. The molecule has 0 aliphatic carbocycles. The van der Waals surface area contributed by atoms with Crippen molar-refractivity contribution >= 4 is 46.0 Å². The van der Waals surface area contributed by atoms with Gasteiger partial charge in [0.1, 0.15) is 18.1 Å². The molecule has 0 aliphatic rings. The average molecular weight is 579 g/mol. The van der Waals surface area contributed by atoms with E-state index in [2.05, 4.69) is 26.3 Å². The molecule has 0 radical (unpaired) electrons. The molecule has 0 spiro atoms. The quantitative estimate of drug-likeness (QED) is 0.184. The lowest BCUT2D eigenvalue weighted by Gasteiger charge is -2.24. The first kappa shape index (κ1) is 31.0. The molecule has 12 heteroatoms. The van der Waals surface area contributed by atoms with E-state index < -0.39 is 41.8 Å². The third-order valence-electron chi connectivity index (χ3n) is 6.14. The van der Waals surface area contributed by atoms with Gasteiger partial charge in [-0.05, 0) is 30.9 Å². The van der Waals surface area contributed by atoms with E-state index in [1.165, 1.54) is 24.5 Å². The zero-order valence-electron chi connectivity index (χ0n) is 22.7. The Balaban J connectivity index is 1.67. The van der Waals surface area contributed by atoms with Crippen LogP contribution < -0.4 is 27.0 Å². The van der Waals surface area contributed by atoms with Crippen molar-refractivity contribution in [3.63, 3.8) is 0 Å². The molecule has 3 atom stereocenters. The first-order chi connectivity index (χ1) is 19.7. The molecule has 41 heavy (non-hydrogen) atoms. The van der Waals surface area contributed by atoms with Crippen LogP contribution in [0.3, 0.4) is 0 Å². The lowest BCUT2D eigenvalue weighted by atomic mass is 10.0. The van der Waals surface area contributed by atoms with Crippen LogP contribution in [0.15, 0.2) is 72.2 Å². The third-order valence-corrected chi connectivity index (χ3v) is 6.83. The zero-order chi connectivity index (χ0) is 29.6. The molecule has 0 saturated carbocycles. The summed E-state index contributed by atoms with van der Waals surface area (Å²) in [6, 6.07) is 15.5. The van der Waals surface area contributed by atoms with Crippen LogP contribution in [-0.4, -0.2) is 52.6 Å². The van der Waals surface area contributed by atoms with Gasteiger partial charge in [0.25, 0.3) is 0 Å². The molecule has 3 rings (SSSR count). The Morgan fingerprint density at radius 3 is 2.05 bits per heavy atom. The Bertz CT molecular complexity index is 1300. The van der Waals surface area contributed by atoms with Crippen LogP contribution in [0.5, 0.6) is 0 Å². The number of carbonyl (C=O) groups is 5. The number of aromatic nitrogens is 1. The second-order valence-corrected chi connectivity index (χ2v) is 10.3. The van der Waals surface area contributed by atoms with Gasteiger partial charge in [-0.3, -0.25) is 24.0 Å². The van der Waals surface area contributed by atoms with E-state index >= 15 is 0 Å². The Kier molecular flexibility index (Phi) is 12.0.